The second-order valence-corrected chi connectivity index (χ2v) is 11.5. The summed E-state index contributed by atoms with van der Waals surface area (Å²) < 4.78 is 26.9. The molecule has 224 valence electrons. The van der Waals surface area contributed by atoms with Crippen molar-refractivity contribution in [2.45, 2.75) is 31.9 Å². The second kappa shape index (κ2) is 13.0. The van der Waals surface area contributed by atoms with Crippen LogP contribution in [0.2, 0.25) is 10.0 Å². The number of aromatic amines is 1. The van der Waals surface area contributed by atoms with Crippen LogP contribution in [-0.2, 0) is 4.74 Å². The predicted octanol–water partition coefficient (Wildman–Crippen LogP) is 6.20. The van der Waals surface area contributed by atoms with E-state index in [0.29, 0.717) is 62.8 Å². The van der Waals surface area contributed by atoms with Crippen LogP contribution < -0.4 is 4.74 Å². The largest absolute Gasteiger partial charge is 0.486 e. The third-order valence-corrected chi connectivity index (χ3v) is 8.61. The van der Waals surface area contributed by atoms with Crippen molar-refractivity contribution in [1.29, 1.82) is 0 Å². The van der Waals surface area contributed by atoms with E-state index >= 15 is 4.39 Å². The minimum atomic E-state index is -0.515. The molecule has 3 aromatic heterocycles. The summed E-state index contributed by atoms with van der Waals surface area (Å²) >= 11 is 12.6. The fourth-order valence-corrected chi connectivity index (χ4v) is 6.35. The van der Waals surface area contributed by atoms with E-state index < -0.39 is 11.9 Å². The van der Waals surface area contributed by atoms with Crippen molar-refractivity contribution in [1.82, 2.24) is 30.0 Å². The molecular weight excluding hydrogens is 594 g/mol. The monoisotopic (exact) mass is 624 g/mol. The third-order valence-electron chi connectivity index (χ3n) is 8.01. The highest BCUT2D eigenvalue weighted by Crippen LogP contribution is 2.34. The van der Waals surface area contributed by atoms with Gasteiger partial charge in [-0.05, 0) is 50.1 Å². The molecule has 9 nitrogen and oxygen atoms in total. The fraction of sp³-hybridized carbons (Fsp3) is 0.355. The van der Waals surface area contributed by atoms with Gasteiger partial charge in [-0.2, -0.15) is 5.10 Å². The molecule has 0 saturated carbocycles. The molecule has 0 aliphatic carbocycles. The van der Waals surface area contributed by atoms with Crippen LogP contribution in [0.25, 0.3) is 22.8 Å². The zero-order valence-electron chi connectivity index (χ0n) is 23.6. The summed E-state index contributed by atoms with van der Waals surface area (Å²) in [6, 6.07) is 8.96. The Morgan fingerprint density at radius 2 is 1.84 bits per heavy atom. The third kappa shape index (κ3) is 6.52. The van der Waals surface area contributed by atoms with Gasteiger partial charge in [-0.25, -0.2) is 4.39 Å². The average Bonchev–Trinajstić information content (AvgIpc) is 3.42. The number of nitrogens with zero attached hydrogens (tertiary/aromatic N) is 5. The number of fused-ring (bicyclic) bond motifs is 1. The van der Waals surface area contributed by atoms with Gasteiger partial charge in [0.05, 0.1) is 34.5 Å². The van der Waals surface area contributed by atoms with E-state index in [2.05, 4.69) is 25.1 Å². The Hall–Kier alpha value is -3.57. The van der Waals surface area contributed by atoms with Gasteiger partial charge in [0, 0.05) is 73.4 Å². The standard InChI is InChI=1S/C31H31Cl2FN6O3/c1-19(30-24(32)17-35-18-25(30)33)43-22-3-5-27-23(14-22)29(38-37-27)15-26(34)20-2-4-28(36-16-20)31(41)40-8-6-21(7-9-40)39-10-12-42-13-11-39/h2-5,14-19,21H,6-13H2,1H3,(H,37,38)/b26-15-. The Labute approximate surface area is 258 Å². The number of H-pyrrole nitrogens is 1. The summed E-state index contributed by atoms with van der Waals surface area (Å²) in [5.41, 5.74) is 2.31. The minimum Gasteiger partial charge on any atom is -0.486 e. The van der Waals surface area contributed by atoms with E-state index in [-0.39, 0.29) is 11.5 Å². The molecule has 0 bridgehead atoms. The topological polar surface area (TPSA) is 96.5 Å². The summed E-state index contributed by atoms with van der Waals surface area (Å²) in [7, 11) is 0. The van der Waals surface area contributed by atoms with Crippen molar-refractivity contribution in [3.05, 3.63) is 81.5 Å². The zero-order valence-corrected chi connectivity index (χ0v) is 25.1. The molecule has 0 spiro atoms. The molecule has 1 aromatic carbocycles. The molecule has 2 aliphatic heterocycles. The number of ether oxygens (including phenoxy) is 2. The molecule has 0 radical (unpaired) electrons. The lowest BCUT2D eigenvalue weighted by Crippen LogP contribution is -2.50. The number of amides is 1. The maximum absolute atomic E-state index is 15.4. The number of aromatic nitrogens is 4. The molecule has 2 aliphatic rings. The van der Waals surface area contributed by atoms with Crippen LogP contribution in [-0.4, -0.2) is 81.3 Å². The van der Waals surface area contributed by atoms with E-state index in [9.17, 15) is 4.79 Å². The number of piperidine rings is 1. The predicted molar refractivity (Wildman–Crippen MR) is 164 cm³/mol. The molecule has 1 N–H and O–H groups in total. The van der Waals surface area contributed by atoms with E-state index in [0.717, 1.165) is 39.1 Å². The molecule has 2 saturated heterocycles. The molecule has 2 fully saturated rings. The maximum atomic E-state index is 15.4. The van der Waals surface area contributed by atoms with Gasteiger partial charge in [0.1, 0.15) is 23.4 Å². The number of halogens is 3. The molecule has 12 heteroatoms. The zero-order chi connectivity index (χ0) is 29.9. The lowest BCUT2D eigenvalue weighted by Gasteiger charge is -2.40. The lowest BCUT2D eigenvalue weighted by atomic mass is 10.0. The molecule has 1 unspecified atom stereocenters. The number of likely N-dealkylation sites (tertiary alicyclic amines) is 1. The Morgan fingerprint density at radius 1 is 1.09 bits per heavy atom. The number of carbonyl (C=O) groups excluding carboxylic acids is 1. The summed E-state index contributed by atoms with van der Waals surface area (Å²) in [5, 5.41) is 8.65. The van der Waals surface area contributed by atoms with Gasteiger partial charge in [0.15, 0.2) is 0 Å². The molecule has 5 heterocycles. The van der Waals surface area contributed by atoms with Crippen molar-refractivity contribution < 1.29 is 18.7 Å². The van der Waals surface area contributed by atoms with E-state index in [4.69, 9.17) is 32.7 Å². The van der Waals surface area contributed by atoms with Crippen molar-refractivity contribution in [3.8, 4) is 5.75 Å². The number of pyridine rings is 2. The molecule has 43 heavy (non-hydrogen) atoms. The van der Waals surface area contributed by atoms with Gasteiger partial charge in [-0.15, -0.1) is 0 Å². The highest BCUT2D eigenvalue weighted by Gasteiger charge is 2.28. The van der Waals surface area contributed by atoms with Crippen molar-refractivity contribution in [2.75, 3.05) is 39.4 Å². The van der Waals surface area contributed by atoms with Gasteiger partial charge >= 0.3 is 0 Å². The number of benzene rings is 1. The van der Waals surface area contributed by atoms with E-state index in [1.165, 1.54) is 24.7 Å². The van der Waals surface area contributed by atoms with Gasteiger partial charge in [-0.1, -0.05) is 23.2 Å². The number of carbonyl (C=O) groups is 1. The minimum absolute atomic E-state index is 0.132. The van der Waals surface area contributed by atoms with Crippen LogP contribution in [0.5, 0.6) is 5.75 Å². The first-order chi connectivity index (χ1) is 20.9. The fourth-order valence-electron chi connectivity index (χ4n) is 5.68. The highest BCUT2D eigenvalue weighted by atomic mass is 35.5. The molecule has 1 atom stereocenters. The van der Waals surface area contributed by atoms with Crippen LogP contribution >= 0.6 is 23.2 Å². The lowest BCUT2D eigenvalue weighted by molar-refractivity contribution is 0.00153. The first-order valence-electron chi connectivity index (χ1n) is 14.3. The number of hydrogen-bond acceptors (Lipinski definition) is 7. The normalized spacial score (nSPS) is 17.8. The summed E-state index contributed by atoms with van der Waals surface area (Å²) in [4.78, 5) is 25.6. The number of rotatable bonds is 7. The SMILES string of the molecule is CC(Oc1ccc2n[nH]c(/C=C(\F)c3ccc(C(=O)N4CCC(N5CCOCC5)CC4)nc3)c2c1)c1c(Cl)cncc1Cl. The summed E-state index contributed by atoms with van der Waals surface area (Å²) in [6.45, 7) is 6.62. The van der Waals surface area contributed by atoms with Gasteiger partial charge in [0.2, 0.25) is 0 Å². The Balaban J connectivity index is 1.12. The van der Waals surface area contributed by atoms with Crippen LogP contribution in [0.3, 0.4) is 0 Å². The number of hydrogen-bond donors (Lipinski definition) is 1. The highest BCUT2D eigenvalue weighted by molar-refractivity contribution is 6.35. The number of morpholine rings is 1. The van der Waals surface area contributed by atoms with Crippen molar-refractivity contribution in [3.63, 3.8) is 0 Å². The van der Waals surface area contributed by atoms with Crippen LogP contribution in [0.4, 0.5) is 4.39 Å². The van der Waals surface area contributed by atoms with Crippen LogP contribution in [0.15, 0.2) is 48.9 Å². The maximum Gasteiger partial charge on any atom is 0.272 e. The Bertz CT molecular complexity index is 1610. The van der Waals surface area contributed by atoms with Gasteiger partial charge in [-0.3, -0.25) is 24.8 Å². The Morgan fingerprint density at radius 3 is 2.53 bits per heavy atom. The summed E-state index contributed by atoms with van der Waals surface area (Å²) in [6.07, 6.45) is 7.17. The molecule has 4 aromatic rings. The molecular formula is C31H31Cl2FN6O3. The molecule has 6 rings (SSSR count). The molecule has 1 amide bonds. The van der Waals surface area contributed by atoms with Crippen LogP contribution in [0.1, 0.15) is 53.2 Å². The van der Waals surface area contributed by atoms with E-state index in [1.807, 2.05) is 11.8 Å². The van der Waals surface area contributed by atoms with Crippen molar-refractivity contribution >= 4 is 51.9 Å². The Kier molecular flexibility index (Phi) is 8.90. The second-order valence-electron chi connectivity index (χ2n) is 10.7. The quantitative estimate of drug-likeness (QED) is 0.261. The van der Waals surface area contributed by atoms with Gasteiger partial charge < -0.3 is 14.4 Å². The average molecular weight is 626 g/mol. The first kappa shape index (κ1) is 29.5. The summed E-state index contributed by atoms with van der Waals surface area (Å²) in [5.74, 6) is -0.107. The smallest absolute Gasteiger partial charge is 0.272 e. The van der Waals surface area contributed by atoms with Crippen molar-refractivity contribution in [2.24, 2.45) is 0 Å². The van der Waals surface area contributed by atoms with Crippen LogP contribution in [0, 0.1) is 0 Å². The number of nitrogens with one attached hydrogen (secondary N) is 1. The van der Waals surface area contributed by atoms with E-state index in [1.54, 1.807) is 30.3 Å². The first-order valence-corrected chi connectivity index (χ1v) is 15.0. The van der Waals surface area contributed by atoms with Gasteiger partial charge in [0.25, 0.3) is 5.91 Å².